The molecule has 9 nitrogen and oxygen atoms in total. The number of aromatic nitrogens is 5. The number of hydrogen-bond acceptors (Lipinski definition) is 6. The normalized spacial score (nSPS) is 14.0. The third-order valence-corrected chi connectivity index (χ3v) is 6.27. The first-order valence-electron chi connectivity index (χ1n) is 11.0. The summed E-state index contributed by atoms with van der Waals surface area (Å²) in [5.74, 6) is -1.71. The van der Waals surface area contributed by atoms with Crippen LogP contribution in [0.4, 0.5) is 14.5 Å². The molecule has 0 saturated heterocycles. The van der Waals surface area contributed by atoms with Crippen molar-refractivity contribution in [1.29, 1.82) is 0 Å². The summed E-state index contributed by atoms with van der Waals surface area (Å²) in [4.78, 5) is 14.9. The summed E-state index contributed by atoms with van der Waals surface area (Å²) in [6.45, 7) is 1.42. The number of rotatable bonds is 7. The van der Waals surface area contributed by atoms with Crippen LogP contribution in [0.25, 0.3) is 22.2 Å². The van der Waals surface area contributed by atoms with Gasteiger partial charge < -0.3 is 5.11 Å². The fourth-order valence-electron chi connectivity index (χ4n) is 4.39. The molecular formula is C25H20F2N6O3. The number of nitro benzene ring substituents is 1. The van der Waals surface area contributed by atoms with Crippen LogP contribution in [0.2, 0.25) is 0 Å². The van der Waals surface area contributed by atoms with Gasteiger partial charge in [0.2, 0.25) is 0 Å². The van der Waals surface area contributed by atoms with Gasteiger partial charge in [0.25, 0.3) is 5.69 Å². The van der Waals surface area contributed by atoms with E-state index in [0.29, 0.717) is 28.2 Å². The number of non-ortho nitro benzene ring substituents is 1. The maximum Gasteiger partial charge on any atom is 0.270 e. The van der Waals surface area contributed by atoms with Crippen LogP contribution in [0.1, 0.15) is 18.5 Å². The largest absolute Gasteiger partial charge is 0.381 e. The minimum Gasteiger partial charge on any atom is -0.381 e. The summed E-state index contributed by atoms with van der Waals surface area (Å²) in [7, 11) is 0. The highest BCUT2D eigenvalue weighted by molar-refractivity contribution is 5.94. The highest BCUT2D eigenvalue weighted by atomic mass is 19.1. The predicted octanol–water partition coefficient (Wildman–Crippen LogP) is 4.63. The molecule has 0 amide bonds. The van der Waals surface area contributed by atoms with E-state index < -0.39 is 28.2 Å². The van der Waals surface area contributed by atoms with Gasteiger partial charge in [-0.1, -0.05) is 36.4 Å². The van der Waals surface area contributed by atoms with E-state index in [1.807, 2.05) is 30.3 Å². The molecule has 0 fully saturated rings. The van der Waals surface area contributed by atoms with Crippen LogP contribution in [0.5, 0.6) is 0 Å². The van der Waals surface area contributed by atoms with E-state index in [4.69, 9.17) is 5.10 Å². The van der Waals surface area contributed by atoms with Crippen LogP contribution in [0.3, 0.4) is 0 Å². The summed E-state index contributed by atoms with van der Waals surface area (Å²) in [5, 5.41) is 32.7. The quantitative estimate of drug-likeness (QED) is 0.263. The van der Waals surface area contributed by atoms with Crippen LogP contribution in [-0.4, -0.2) is 34.6 Å². The monoisotopic (exact) mass is 490 g/mol. The van der Waals surface area contributed by atoms with E-state index in [-0.39, 0.29) is 17.8 Å². The molecule has 2 atom stereocenters. The molecular weight excluding hydrogens is 470 g/mol. The van der Waals surface area contributed by atoms with Gasteiger partial charge in [0, 0.05) is 34.7 Å². The summed E-state index contributed by atoms with van der Waals surface area (Å²) in [6.07, 6.45) is 2.65. The van der Waals surface area contributed by atoms with Crippen LogP contribution >= 0.6 is 0 Å². The zero-order valence-corrected chi connectivity index (χ0v) is 19.0. The Kier molecular flexibility index (Phi) is 5.77. The fourth-order valence-corrected chi connectivity index (χ4v) is 4.39. The molecule has 11 heteroatoms. The molecule has 0 radical (unpaired) electrons. The van der Waals surface area contributed by atoms with Crippen molar-refractivity contribution < 1.29 is 18.8 Å². The smallest absolute Gasteiger partial charge is 0.270 e. The average molecular weight is 490 g/mol. The van der Waals surface area contributed by atoms with E-state index in [1.54, 1.807) is 13.0 Å². The molecule has 1 N–H and O–H groups in total. The SMILES string of the molecule is C[C@@H](n1nc(-c2ccccc2)c2cc([N+](=O)[O-])ccc21)[C@](O)(Cn1cncn1)c1ccc(F)cc1F. The van der Waals surface area contributed by atoms with E-state index in [9.17, 15) is 19.6 Å². The second-order valence-electron chi connectivity index (χ2n) is 8.44. The fraction of sp³-hybridized carbons (Fsp3) is 0.160. The average Bonchev–Trinajstić information content (AvgIpc) is 3.51. The van der Waals surface area contributed by atoms with Crippen molar-refractivity contribution in [1.82, 2.24) is 24.5 Å². The number of nitro groups is 1. The van der Waals surface area contributed by atoms with Crippen LogP contribution in [0, 0.1) is 21.7 Å². The van der Waals surface area contributed by atoms with Crippen LogP contribution in [-0.2, 0) is 12.1 Å². The Bertz CT molecular complexity index is 1560. The van der Waals surface area contributed by atoms with Gasteiger partial charge in [-0.15, -0.1) is 0 Å². The Balaban J connectivity index is 1.73. The Morgan fingerprint density at radius 1 is 1.11 bits per heavy atom. The van der Waals surface area contributed by atoms with Gasteiger partial charge in [0.15, 0.2) is 0 Å². The lowest BCUT2D eigenvalue weighted by molar-refractivity contribution is -0.384. The van der Waals surface area contributed by atoms with Gasteiger partial charge >= 0.3 is 0 Å². The number of benzene rings is 3. The molecule has 182 valence electrons. The number of halogens is 2. The lowest BCUT2D eigenvalue weighted by Gasteiger charge is -2.35. The molecule has 5 aromatic rings. The third kappa shape index (κ3) is 3.99. The van der Waals surface area contributed by atoms with Crippen molar-refractivity contribution in [3.05, 3.63) is 107 Å². The number of aliphatic hydroxyl groups is 1. The first kappa shape index (κ1) is 23.2. The van der Waals surface area contributed by atoms with Crippen molar-refractivity contribution in [2.24, 2.45) is 0 Å². The van der Waals surface area contributed by atoms with Gasteiger partial charge in [0.1, 0.15) is 35.6 Å². The molecule has 0 bridgehead atoms. The number of fused-ring (bicyclic) bond motifs is 1. The minimum atomic E-state index is -1.96. The van der Waals surface area contributed by atoms with Crippen molar-refractivity contribution in [2.75, 3.05) is 0 Å². The second kappa shape index (κ2) is 8.93. The van der Waals surface area contributed by atoms with E-state index in [1.165, 1.54) is 40.2 Å². The van der Waals surface area contributed by atoms with Crippen molar-refractivity contribution in [2.45, 2.75) is 25.1 Å². The lowest BCUT2D eigenvalue weighted by Crippen LogP contribution is -2.41. The Labute approximate surface area is 203 Å². The topological polar surface area (TPSA) is 112 Å². The second-order valence-corrected chi connectivity index (χ2v) is 8.44. The maximum absolute atomic E-state index is 15.0. The Morgan fingerprint density at radius 2 is 1.89 bits per heavy atom. The molecule has 0 aliphatic carbocycles. The van der Waals surface area contributed by atoms with Crippen LogP contribution < -0.4 is 0 Å². The molecule has 0 saturated carbocycles. The lowest BCUT2D eigenvalue weighted by atomic mass is 9.86. The predicted molar refractivity (Wildman–Crippen MR) is 127 cm³/mol. The van der Waals surface area contributed by atoms with Gasteiger partial charge in [0.05, 0.1) is 23.0 Å². The summed E-state index contributed by atoms with van der Waals surface area (Å²) >= 11 is 0. The van der Waals surface area contributed by atoms with E-state index >= 15 is 4.39 Å². The molecule has 36 heavy (non-hydrogen) atoms. The zero-order chi connectivity index (χ0) is 25.4. The molecule has 0 aliphatic rings. The molecule has 0 unspecified atom stereocenters. The molecule has 3 aromatic carbocycles. The number of hydrogen-bond donors (Lipinski definition) is 1. The van der Waals surface area contributed by atoms with Crippen molar-refractivity contribution >= 4 is 16.6 Å². The van der Waals surface area contributed by atoms with Gasteiger partial charge in [-0.3, -0.25) is 14.8 Å². The highest BCUT2D eigenvalue weighted by Crippen LogP contribution is 2.40. The van der Waals surface area contributed by atoms with Crippen LogP contribution in [0.15, 0.2) is 79.4 Å². The Hall–Kier alpha value is -4.51. The minimum absolute atomic E-state index is 0.116. The van der Waals surface area contributed by atoms with Crippen molar-refractivity contribution in [3.63, 3.8) is 0 Å². The highest BCUT2D eigenvalue weighted by Gasteiger charge is 2.41. The molecule has 0 aliphatic heterocycles. The standard InChI is InChI=1S/C25H20F2N6O3/c1-16(25(34,13-31-15-28-14-29-31)21-9-7-18(26)11-22(21)27)32-23-10-8-19(33(35)36)12-20(23)24(30-32)17-5-3-2-4-6-17/h2-12,14-16,34H,13H2,1H3/t16-,25-/m1/s1. The first-order chi connectivity index (χ1) is 17.3. The third-order valence-electron chi connectivity index (χ3n) is 6.27. The summed E-state index contributed by atoms with van der Waals surface area (Å²) in [6, 6.07) is 15.4. The summed E-state index contributed by atoms with van der Waals surface area (Å²) in [5.41, 5.74) is -0.565. The first-order valence-corrected chi connectivity index (χ1v) is 11.0. The summed E-state index contributed by atoms with van der Waals surface area (Å²) < 4.78 is 31.6. The maximum atomic E-state index is 15.0. The molecule has 5 rings (SSSR count). The molecule has 0 spiro atoms. The molecule has 2 aromatic heterocycles. The van der Waals surface area contributed by atoms with Gasteiger partial charge in [-0.2, -0.15) is 10.2 Å². The Morgan fingerprint density at radius 3 is 2.56 bits per heavy atom. The number of nitrogens with zero attached hydrogens (tertiary/aromatic N) is 6. The molecule has 2 heterocycles. The van der Waals surface area contributed by atoms with E-state index in [2.05, 4.69) is 10.1 Å². The van der Waals surface area contributed by atoms with Gasteiger partial charge in [-0.25, -0.2) is 18.4 Å². The zero-order valence-electron chi connectivity index (χ0n) is 19.0. The van der Waals surface area contributed by atoms with Crippen molar-refractivity contribution in [3.8, 4) is 11.3 Å². The van der Waals surface area contributed by atoms with E-state index in [0.717, 1.165) is 6.07 Å². The van der Waals surface area contributed by atoms with Gasteiger partial charge in [-0.05, 0) is 19.1 Å².